The Hall–Kier alpha value is -2.75. The molecule has 1 aromatic carbocycles. The van der Waals surface area contributed by atoms with E-state index in [1.165, 1.54) is 17.1 Å². The number of aliphatic imine (C=N–C) groups is 1. The first-order chi connectivity index (χ1) is 10.6. The minimum atomic E-state index is -3.75. The van der Waals surface area contributed by atoms with E-state index in [1.54, 1.807) is 6.92 Å². The number of carbonyl (C=O) groups is 1. The van der Waals surface area contributed by atoms with E-state index in [4.69, 9.17) is 11.5 Å². The summed E-state index contributed by atoms with van der Waals surface area (Å²) in [7, 11) is -3.75. The van der Waals surface area contributed by atoms with Crippen molar-refractivity contribution < 1.29 is 17.6 Å². The molecule has 0 spiro atoms. The van der Waals surface area contributed by atoms with Crippen molar-refractivity contribution in [1.82, 2.24) is 9.55 Å². The van der Waals surface area contributed by atoms with Gasteiger partial charge in [0.2, 0.25) is 0 Å². The molecule has 1 amide bonds. The Balaban J connectivity index is 2.74. The van der Waals surface area contributed by atoms with Gasteiger partial charge in [-0.3, -0.25) is 4.79 Å². The third-order valence-electron chi connectivity index (χ3n) is 2.90. The Morgan fingerprint density at radius 2 is 2.00 bits per heavy atom. The molecule has 23 heavy (non-hydrogen) atoms. The van der Waals surface area contributed by atoms with Crippen molar-refractivity contribution in [3.05, 3.63) is 41.7 Å². The number of nitrogens with zero attached hydrogens (tertiary/aromatic N) is 3. The Kier molecular flexibility index (Phi) is 4.19. The second kappa shape index (κ2) is 5.80. The molecule has 1 aromatic heterocycles. The van der Waals surface area contributed by atoms with Gasteiger partial charge in [-0.05, 0) is 13.0 Å². The number of aromatic nitrogens is 2. The predicted octanol–water partition coefficient (Wildman–Crippen LogP) is 0.137. The van der Waals surface area contributed by atoms with E-state index in [-0.39, 0.29) is 10.6 Å². The predicted molar refractivity (Wildman–Crippen MR) is 81.5 cm³/mol. The summed E-state index contributed by atoms with van der Waals surface area (Å²) >= 11 is 0. The average molecular weight is 339 g/mol. The number of nitrogens with two attached hydrogens (primary N) is 2. The van der Waals surface area contributed by atoms with Gasteiger partial charge in [-0.15, -0.1) is 0 Å². The number of carbonyl (C=O) groups excluding carboxylic acids is 1. The van der Waals surface area contributed by atoms with Crippen molar-refractivity contribution in [2.75, 3.05) is 6.26 Å². The van der Waals surface area contributed by atoms with Gasteiger partial charge in [-0.25, -0.2) is 17.8 Å². The Labute approximate surface area is 131 Å². The Morgan fingerprint density at radius 3 is 2.48 bits per heavy atom. The topological polar surface area (TPSA) is 133 Å². The third-order valence-corrected chi connectivity index (χ3v) is 4.02. The lowest BCUT2D eigenvalue weighted by Crippen LogP contribution is -2.24. The largest absolute Gasteiger partial charge is 0.370 e. The molecule has 0 aliphatic rings. The lowest BCUT2D eigenvalue weighted by atomic mass is 10.1. The van der Waals surface area contributed by atoms with E-state index in [1.807, 2.05) is 0 Å². The van der Waals surface area contributed by atoms with E-state index >= 15 is 0 Å². The summed E-state index contributed by atoms with van der Waals surface area (Å²) < 4.78 is 39.5. The smallest absolute Gasteiger partial charge is 0.283 e. The molecule has 2 rings (SSSR count). The van der Waals surface area contributed by atoms with Crippen molar-refractivity contribution >= 4 is 21.7 Å². The molecule has 0 aliphatic heterocycles. The van der Waals surface area contributed by atoms with Crippen LogP contribution in [0.15, 0.2) is 34.5 Å². The van der Waals surface area contributed by atoms with E-state index in [9.17, 15) is 17.6 Å². The number of rotatable bonds is 3. The minimum absolute atomic E-state index is 0.0341. The number of hydrogen-bond acceptors (Lipinski definition) is 4. The van der Waals surface area contributed by atoms with Gasteiger partial charge >= 0.3 is 0 Å². The van der Waals surface area contributed by atoms with E-state index in [0.29, 0.717) is 5.69 Å². The molecule has 4 N–H and O–H groups in total. The second-order valence-corrected chi connectivity index (χ2v) is 6.82. The van der Waals surface area contributed by atoms with Crippen LogP contribution in [0, 0.1) is 12.7 Å². The van der Waals surface area contributed by atoms with Crippen LogP contribution in [0.2, 0.25) is 0 Å². The number of hydrogen-bond donors (Lipinski definition) is 2. The van der Waals surface area contributed by atoms with Crippen LogP contribution >= 0.6 is 0 Å². The maximum atomic E-state index is 14.2. The summed E-state index contributed by atoms with van der Waals surface area (Å²) in [5.74, 6) is -2.57. The number of aryl methyl sites for hydroxylation is 1. The van der Waals surface area contributed by atoms with Crippen molar-refractivity contribution in [3.63, 3.8) is 0 Å². The molecular formula is C13H14FN5O3S. The maximum absolute atomic E-state index is 14.2. The Morgan fingerprint density at radius 1 is 1.35 bits per heavy atom. The lowest BCUT2D eigenvalue weighted by molar-refractivity contribution is 0.0998. The van der Waals surface area contributed by atoms with Gasteiger partial charge in [-0.1, -0.05) is 0 Å². The summed E-state index contributed by atoms with van der Waals surface area (Å²) in [6, 6.07) is 1.83. The molecule has 10 heteroatoms. The van der Waals surface area contributed by atoms with Crippen LogP contribution in [-0.4, -0.2) is 36.1 Å². The van der Waals surface area contributed by atoms with Crippen LogP contribution in [-0.2, 0) is 9.84 Å². The van der Waals surface area contributed by atoms with Crippen LogP contribution < -0.4 is 11.5 Å². The number of imidazole rings is 1. The van der Waals surface area contributed by atoms with Gasteiger partial charge in [0.1, 0.15) is 5.82 Å². The normalized spacial score (nSPS) is 11.3. The lowest BCUT2D eigenvalue weighted by Gasteiger charge is -2.11. The molecule has 2 aromatic rings. The van der Waals surface area contributed by atoms with Crippen LogP contribution in [0.25, 0.3) is 5.69 Å². The highest BCUT2D eigenvalue weighted by Gasteiger charge is 2.22. The molecule has 0 bridgehead atoms. The molecule has 8 nitrogen and oxygen atoms in total. The van der Waals surface area contributed by atoms with Gasteiger partial charge in [-0.2, -0.15) is 4.99 Å². The molecule has 0 aliphatic carbocycles. The zero-order valence-electron chi connectivity index (χ0n) is 12.3. The number of amides is 1. The fourth-order valence-corrected chi connectivity index (χ4v) is 2.81. The summed E-state index contributed by atoms with van der Waals surface area (Å²) in [6.07, 6.45) is 3.82. The van der Waals surface area contributed by atoms with Crippen LogP contribution in [0.5, 0.6) is 0 Å². The van der Waals surface area contributed by atoms with Gasteiger partial charge in [0.15, 0.2) is 15.8 Å². The first-order valence-electron chi connectivity index (χ1n) is 6.28. The molecule has 0 unspecified atom stereocenters. The van der Waals surface area contributed by atoms with E-state index in [2.05, 4.69) is 9.98 Å². The highest BCUT2D eigenvalue weighted by molar-refractivity contribution is 7.90. The molecule has 0 saturated carbocycles. The second-order valence-electron chi connectivity index (χ2n) is 4.84. The number of benzene rings is 1. The van der Waals surface area contributed by atoms with Crippen LogP contribution in [0.4, 0.5) is 4.39 Å². The van der Waals surface area contributed by atoms with Gasteiger partial charge in [0.25, 0.3) is 5.91 Å². The molecule has 122 valence electrons. The van der Waals surface area contributed by atoms with Crippen LogP contribution in [0.3, 0.4) is 0 Å². The third kappa shape index (κ3) is 3.54. The first kappa shape index (κ1) is 16.6. The first-order valence-corrected chi connectivity index (χ1v) is 8.17. The van der Waals surface area contributed by atoms with Crippen molar-refractivity contribution in [3.8, 4) is 5.69 Å². The highest BCUT2D eigenvalue weighted by atomic mass is 32.2. The number of sulfone groups is 1. The van der Waals surface area contributed by atoms with Gasteiger partial charge in [0.05, 0.1) is 28.2 Å². The standard InChI is InChI=1S/C13H14FN5O3S/c1-7-5-19(6-17-7)10-4-9(14)8(12(20)18-13(15)16)3-11(10)23(2,21)22/h3-6H,1-2H3,(H4,15,16,18,20). The van der Waals surface area contributed by atoms with Crippen molar-refractivity contribution in [1.29, 1.82) is 0 Å². The molecule has 0 fully saturated rings. The summed E-state index contributed by atoms with van der Waals surface area (Å²) in [5, 5.41) is 0. The zero-order chi connectivity index (χ0) is 17.4. The zero-order valence-corrected chi connectivity index (χ0v) is 13.1. The van der Waals surface area contributed by atoms with Crippen molar-refractivity contribution in [2.24, 2.45) is 16.5 Å². The SMILES string of the molecule is Cc1cn(-c2cc(F)c(C(=O)N=C(N)N)cc2S(C)(=O)=O)cn1. The number of halogens is 1. The highest BCUT2D eigenvalue weighted by Crippen LogP contribution is 2.25. The molecule has 1 heterocycles. The summed E-state index contributed by atoms with van der Waals surface area (Å²) in [4.78, 5) is 18.7. The maximum Gasteiger partial charge on any atom is 0.283 e. The monoisotopic (exact) mass is 339 g/mol. The quantitative estimate of drug-likeness (QED) is 0.464. The molecular weight excluding hydrogens is 325 g/mol. The van der Waals surface area contributed by atoms with E-state index < -0.39 is 33.1 Å². The number of guanidine groups is 1. The molecule has 0 radical (unpaired) electrons. The minimum Gasteiger partial charge on any atom is -0.370 e. The summed E-state index contributed by atoms with van der Waals surface area (Å²) in [5.41, 5.74) is 10.3. The average Bonchev–Trinajstić information content (AvgIpc) is 2.82. The fraction of sp³-hybridized carbons (Fsp3) is 0.154. The molecule has 0 saturated heterocycles. The summed E-state index contributed by atoms with van der Waals surface area (Å²) in [6.45, 7) is 1.70. The Bertz CT molecular complexity index is 914. The van der Waals surface area contributed by atoms with Crippen molar-refractivity contribution in [2.45, 2.75) is 11.8 Å². The van der Waals surface area contributed by atoms with Crippen LogP contribution in [0.1, 0.15) is 16.1 Å². The fourth-order valence-electron chi connectivity index (χ4n) is 1.94. The van der Waals surface area contributed by atoms with Gasteiger partial charge < -0.3 is 16.0 Å². The molecule has 0 atom stereocenters. The van der Waals surface area contributed by atoms with E-state index in [0.717, 1.165) is 18.4 Å². The van der Waals surface area contributed by atoms with Gasteiger partial charge in [0, 0.05) is 18.5 Å².